The summed E-state index contributed by atoms with van der Waals surface area (Å²) in [5.41, 5.74) is -0.139. The van der Waals surface area contributed by atoms with Gasteiger partial charge in [-0.1, -0.05) is 11.6 Å². The summed E-state index contributed by atoms with van der Waals surface area (Å²) in [7, 11) is 0. The van der Waals surface area contributed by atoms with Crippen LogP contribution in [0, 0.1) is 5.41 Å². The minimum atomic E-state index is -0.289. The van der Waals surface area contributed by atoms with E-state index in [0.717, 1.165) is 19.3 Å². The highest BCUT2D eigenvalue weighted by Crippen LogP contribution is 2.51. The van der Waals surface area contributed by atoms with E-state index in [1.807, 2.05) is 11.8 Å². The van der Waals surface area contributed by atoms with Gasteiger partial charge in [0.05, 0.1) is 21.4 Å². The maximum Gasteiger partial charge on any atom is 0.263 e. The lowest BCUT2D eigenvalue weighted by atomic mass is 9.58. The number of hydrogen-bond donors (Lipinski definition) is 1. The lowest BCUT2D eigenvalue weighted by Gasteiger charge is -2.56. The molecule has 4 nitrogen and oxygen atoms in total. The quantitative estimate of drug-likeness (QED) is 0.927. The molecule has 2 heterocycles. The van der Waals surface area contributed by atoms with E-state index in [1.165, 1.54) is 11.3 Å². The van der Waals surface area contributed by atoms with Gasteiger partial charge < -0.3 is 14.7 Å². The first kappa shape index (κ1) is 15.3. The molecule has 1 saturated heterocycles. The third-order valence-electron chi connectivity index (χ3n) is 4.88. The fourth-order valence-electron chi connectivity index (χ4n) is 3.53. The minimum Gasteiger partial charge on any atom is -0.392 e. The second-order valence-electron chi connectivity index (χ2n) is 5.82. The number of nitrogens with zero attached hydrogens (tertiary/aromatic N) is 1. The second kappa shape index (κ2) is 5.88. The largest absolute Gasteiger partial charge is 0.392 e. The van der Waals surface area contributed by atoms with Crippen molar-refractivity contribution in [3.8, 4) is 0 Å². The van der Waals surface area contributed by atoms with E-state index in [0.29, 0.717) is 28.9 Å². The molecule has 2 fully saturated rings. The maximum atomic E-state index is 12.4. The predicted octanol–water partition coefficient (Wildman–Crippen LogP) is 2.79. The van der Waals surface area contributed by atoms with Crippen molar-refractivity contribution in [3.05, 3.63) is 21.3 Å². The zero-order valence-electron chi connectivity index (χ0n) is 12.0. The number of likely N-dealkylation sites (tertiary alicyclic amines) is 1. The first-order chi connectivity index (χ1) is 10.1. The van der Waals surface area contributed by atoms with E-state index in [9.17, 15) is 9.90 Å². The van der Waals surface area contributed by atoms with Crippen LogP contribution in [0.15, 0.2) is 12.1 Å². The summed E-state index contributed by atoms with van der Waals surface area (Å²) in [6.07, 6.45) is 2.20. The lowest BCUT2D eigenvalue weighted by Crippen LogP contribution is -2.62. The molecule has 0 radical (unpaired) electrons. The van der Waals surface area contributed by atoms with Crippen molar-refractivity contribution >= 4 is 28.8 Å². The van der Waals surface area contributed by atoms with E-state index in [4.69, 9.17) is 16.3 Å². The van der Waals surface area contributed by atoms with Gasteiger partial charge in [0.1, 0.15) is 0 Å². The Morgan fingerprint density at radius 3 is 2.76 bits per heavy atom. The Balaban J connectivity index is 1.63. The van der Waals surface area contributed by atoms with Crippen molar-refractivity contribution in [2.24, 2.45) is 5.41 Å². The number of aliphatic hydroxyl groups excluding tert-OH is 1. The molecule has 21 heavy (non-hydrogen) atoms. The fraction of sp³-hybridized carbons (Fsp3) is 0.667. The number of carbonyl (C=O) groups is 1. The van der Waals surface area contributed by atoms with E-state index in [1.54, 1.807) is 12.1 Å². The average molecular weight is 330 g/mol. The zero-order valence-corrected chi connectivity index (χ0v) is 13.6. The van der Waals surface area contributed by atoms with Gasteiger partial charge in [-0.05, 0) is 31.9 Å². The molecule has 1 aliphatic heterocycles. The molecule has 1 saturated carbocycles. The Bertz CT molecular complexity index is 523. The Morgan fingerprint density at radius 2 is 2.24 bits per heavy atom. The zero-order chi connectivity index (χ0) is 15.0. The third kappa shape index (κ3) is 2.61. The smallest absolute Gasteiger partial charge is 0.263 e. The van der Waals surface area contributed by atoms with Crippen LogP contribution in [0.25, 0.3) is 0 Å². The van der Waals surface area contributed by atoms with Gasteiger partial charge >= 0.3 is 0 Å². The minimum absolute atomic E-state index is 0.0449. The van der Waals surface area contributed by atoms with Gasteiger partial charge in [-0.25, -0.2) is 0 Å². The summed E-state index contributed by atoms with van der Waals surface area (Å²) < 4.78 is 6.38. The summed E-state index contributed by atoms with van der Waals surface area (Å²) in [6.45, 7) is 4.01. The van der Waals surface area contributed by atoms with E-state index < -0.39 is 0 Å². The molecule has 1 N–H and O–H groups in total. The number of rotatable bonds is 3. The molecule has 2 aliphatic rings. The normalized spacial score (nSPS) is 27.7. The average Bonchev–Trinajstić information content (AvgIpc) is 2.93. The van der Waals surface area contributed by atoms with Gasteiger partial charge in [0.15, 0.2) is 0 Å². The SMILES string of the molecule is CCO[C@H]1C[C@H](O)C12CCN(C(=O)c1ccc(Cl)s1)CC2. The molecule has 6 heteroatoms. The summed E-state index contributed by atoms with van der Waals surface area (Å²) >= 11 is 7.21. The number of halogens is 1. The van der Waals surface area contributed by atoms with Gasteiger partial charge in [0.2, 0.25) is 0 Å². The number of piperidine rings is 1. The Morgan fingerprint density at radius 1 is 1.52 bits per heavy atom. The number of thiophene rings is 1. The van der Waals surface area contributed by atoms with Gasteiger partial charge in [-0.3, -0.25) is 4.79 Å². The summed E-state index contributed by atoms with van der Waals surface area (Å²) in [4.78, 5) is 15.0. The van der Waals surface area contributed by atoms with Crippen molar-refractivity contribution in [3.63, 3.8) is 0 Å². The van der Waals surface area contributed by atoms with Gasteiger partial charge in [0.25, 0.3) is 5.91 Å². The van der Waals surface area contributed by atoms with Crippen LogP contribution in [-0.4, -0.2) is 47.8 Å². The molecule has 0 aromatic carbocycles. The van der Waals surface area contributed by atoms with Crippen LogP contribution in [0.1, 0.15) is 35.9 Å². The standard InChI is InChI=1S/C15H20ClNO3S/c1-2-20-12-9-11(18)15(12)5-7-17(8-6-15)14(19)10-3-4-13(16)21-10/h3-4,11-12,18H,2,5-9H2,1H3/t11-,12-/m0/s1. The van der Waals surface area contributed by atoms with Crippen molar-refractivity contribution in [2.45, 2.75) is 38.4 Å². The number of carbonyl (C=O) groups excluding carboxylic acids is 1. The van der Waals surface area contributed by atoms with Crippen LogP contribution < -0.4 is 0 Å². The predicted molar refractivity (Wildman–Crippen MR) is 82.9 cm³/mol. The Hall–Kier alpha value is -0.620. The summed E-state index contributed by atoms with van der Waals surface area (Å²) in [6, 6.07) is 3.53. The first-order valence-corrected chi connectivity index (χ1v) is 8.60. The molecule has 1 aliphatic carbocycles. The van der Waals surface area contributed by atoms with Crippen LogP contribution in [0.4, 0.5) is 0 Å². The van der Waals surface area contributed by atoms with E-state index in [2.05, 4.69) is 0 Å². The molecule has 0 bridgehead atoms. The van der Waals surface area contributed by atoms with Gasteiger partial charge in [0, 0.05) is 31.5 Å². The van der Waals surface area contributed by atoms with Crippen molar-refractivity contribution in [2.75, 3.05) is 19.7 Å². The molecule has 1 aromatic heterocycles. The highest BCUT2D eigenvalue weighted by Gasteiger charge is 2.56. The summed E-state index contributed by atoms with van der Waals surface area (Å²) in [5, 5.41) is 10.2. The Kier molecular flexibility index (Phi) is 4.28. The van der Waals surface area contributed by atoms with Crippen LogP contribution in [-0.2, 0) is 4.74 Å². The molecule has 3 rings (SSSR count). The Labute approximate surface area is 133 Å². The fourth-order valence-corrected chi connectivity index (χ4v) is 4.54. The molecule has 1 spiro atoms. The lowest BCUT2D eigenvalue weighted by molar-refractivity contribution is -0.207. The molecule has 1 aromatic rings. The number of amides is 1. The maximum absolute atomic E-state index is 12.4. The second-order valence-corrected chi connectivity index (χ2v) is 7.54. The van der Waals surface area contributed by atoms with E-state index in [-0.39, 0.29) is 23.5 Å². The van der Waals surface area contributed by atoms with Gasteiger partial charge in [-0.15, -0.1) is 11.3 Å². The molecule has 116 valence electrons. The van der Waals surface area contributed by atoms with Crippen molar-refractivity contribution in [1.82, 2.24) is 4.90 Å². The van der Waals surface area contributed by atoms with Crippen molar-refractivity contribution < 1.29 is 14.6 Å². The van der Waals surface area contributed by atoms with E-state index >= 15 is 0 Å². The van der Waals surface area contributed by atoms with Crippen molar-refractivity contribution in [1.29, 1.82) is 0 Å². The number of hydrogen-bond acceptors (Lipinski definition) is 4. The third-order valence-corrected chi connectivity index (χ3v) is 6.09. The summed E-state index contributed by atoms with van der Waals surface area (Å²) in [5.74, 6) is 0.0449. The molecule has 1 amide bonds. The first-order valence-electron chi connectivity index (χ1n) is 7.41. The highest BCUT2D eigenvalue weighted by atomic mass is 35.5. The molecule has 2 atom stereocenters. The number of ether oxygens (including phenoxy) is 1. The van der Waals surface area contributed by atoms with Crippen LogP contribution >= 0.6 is 22.9 Å². The van der Waals surface area contributed by atoms with Crippen LogP contribution in [0.5, 0.6) is 0 Å². The molecular weight excluding hydrogens is 310 g/mol. The highest BCUT2D eigenvalue weighted by molar-refractivity contribution is 7.17. The topological polar surface area (TPSA) is 49.8 Å². The monoisotopic (exact) mass is 329 g/mol. The van der Waals surface area contributed by atoms with Crippen LogP contribution in [0.3, 0.4) is 0 Å². The van der Waals surface area contributed by atoms with Crippen LogP contribution in [0.2, 0.25) is 4.34 Å². The van der Waals surface area contributed by atoms with Gasteiger partial charge in [-0.2, -0.15) is 0 Å². The number of aliphatic hydroxyl groups is 1. The molecule has 0 unspecified atom stereocenters. The molecular formula is C15H20ClNO3S.